The summed E-state index contributed by atoms with van der Waals surface area (Å²) in [7, 11) is 0. The van der Waals surface area contributed by atoms with Crippen LogP contribution in [0.3, 0.4) is 0 Å². The highest BCUT2D eigenvalue weighted by Crippen LogP contribution is 2.43. The van der Waals surface area contributed by atoms with E-state index in [1.54, 1.807) is 0 Å². The van der Waals surface area contributed by atoms with Crippen LogP contribution in [0.1, 0.15) is 16.1 Å². The van der Waals surface area contributed by atoms with Crippen LogP contribution in [0.4, 0.5) is 22.0 Å². The average Bonchev–Trinajstić information content (AvgIpc) is 2.15. The Morgan fingerprint density at radius 2 is 1.82 bits per heavy atom. The summed E-state index contributed by atoms with van der Waals surface area (Å²) in [5.74, 6) is -7.55. The van der Waals surface area contributed by atoms with E-state index in [1.165, 1.54) is 0 Å². The van der Waals surface area contributed by atoms with Crippen LogP contribution < -0.4 is 5.69 Å². The first-order chi connectivity index (χ1) is 7.57. The summed E-state index contributed by atoms with van der Waals surface area (Å²) in [5.41, 5.74) is -4.97. The summed E-state index contributed by atoms with van der Waals surface area (Å²) in [6.45, 7) is 0. The van der Waals surface area contributed by atoms with Crippen molar-refractivity contribution in [2.24, 2.45) is 0 Å². The van der Waals surface area contributed by atoms with Crippen molar-refractivity contribution in [2.45, 2.75) is 12.1 Å². The highest BCUT2D eigenvalue weighted by Gasteiger charge is 2.61. The van der Waals surface area contributed by atoms with E-state index in [-0.39, 0.29) is 6.20 Å². The molecule has 10 heteroatoms. The van der Waals surface area contributed by atoms with E-state index in [0.29, 0.717) is 0 Å². The van der Waals surface area contributed by atoms with Gasteiger partial charge in [0.05, 0.1) is 0 Å². The van der Waals surface area contributed by atoms with E-state index < -0.39 is 35.0 Å². The normalized spacial score (nSPS) is 12.5. The third-order valence-electron chi connectivity index (χ3n) is 1.71. The van der Waals surface area contributed by atoms with Gasteiger partial charge in [-0.1, -0.05) is 0 Å². The molecular weight excluding hydrogens is 255 g/mol. The molecule has 0 saturated heterocycles. The van der Waals surface area contributed by atoms with Gasteiger partial charge in [-0.3, -0.25) is 0 Å². The summed E-state index contributed by atoms with van der Waals surface area (Å²) in [6, 6.07) is 0. The molecule has 0 amide bonds. The summed E-state index contributed by atoms with van der Waals surface area (Å²) < 4.78 is 61.8. The summed E-state index contributed by atoms with van der Waals surface area (Å²) in [5, 5.41) is 8.42. The molecule has 0 atom stereocenters. The van der Waals surface area contributed by atoms with E-state index in [2.05, 4.69) is 4.98 Å². The fraction of sp³-hybridized carbons (Fsp3) is 0.286. The van der Waals surface area contributed by atoms with Gasteiger partial charge in [0, 0.05) is 6.20 Å². The molecule has 0 aliphatic rings. The van der Waals surface area contributed by atoms with Gasteiger partial charge in [0.1, 0.15) is 11.3 Å². The number of carboxylic acid groups (broad SMARTS) is 1. The maximum Gasteiger partial charge on any atom is 0.459 e. The lowest BCUT2D eigenvalue weighted by atomic mass is 10.1. The second kappa shape index (κ2) is 3.79. The maximum absolute atomic E-state index is 12.9. The number of nitrogens with zero attached hydrogens (tertiary/aromatic N) is 1. The topological polar surface area (TPSA) is 83.0 Å². The Morgan fingerprint density at radius 1 is 1.29 bits per heavy atom. The van der Waals surface area contributed by atoms with Crippen LogP contribution in [0.25, 0.3) is 0 Å². The predicted molar refractivity (Wildman–Crippen MR) is 41.8 cm³/mol. The zero-order valence-corrected chi connectivity index (χ0v) is 7.68. The highest BCUT2D eigenvalue weighted by atomic mass is 19.4. The van der Waals surface area contributed by atoms with Crippen LogP contribution in [-0.2, 0) is 5.92 Å². The molecule has 1 aromatic rings. The number of hydrogen-bond acceptors (Lipinski definition) is 3. The molecule has 1 aromatic heterocycles. The minimum atomic E-state index is -6.03. The average molecular weight is 258 g/mol. The Kier molecular flexibility index (Phi) is 2.91. The predicted octanol–water partition coefficient (Wildman–Crippen LogP) is 1.12. The molecule has 0 radical (unpaired) electrons. The summed E-state index contributed by atoms with van der Waals surface area (Å²) in [6.07, 6.45) is -5.89. The molecule has 0 spiro atoms. The quantitative estimate of drug-likeness (QED) is 0.778. The number of hydrogen-bond donors (Lipinski definition) is 2. The molecule has 0 aliphatic heterocycles. The fourth-order valence-electron chi connectivity index (χ4n) is 0.946. The molecule has 2 N–H and O–H groups in total. The first kappa shape index (κ1) is 13.1. The lowest BCUT2D eigenvalue weighted by molar-refractivity contribution is -0.291. The number of carbonyl (C=O) groups is 1. The van der Waals surface area contributed by atoms with Gasteiger partial charge in [0.25, 0.3) is 0 Å². The number of rotatable bonds is 2. The minimum absolute atomic E-state index is 0.135. The van der Waals surface area contributed by atoms with E-state index in [9.17, 15) is 31.5 Å². The van der Waals surface area contributed by atoms with Crippen LogP contribution >= 0.6 is 0 Å². The monoisotopic (exact) mass is 258 g/mol. The fourth-order valence-corrected chi connectivity index (χ4v) is 0.946. The van der Waals surface area contributed by atoms with Crippen LogP contribution in [0.15, 0.2) is 11.0 Å². The number of alkyl halides is 5. The number of halogens is 5. The third-order valence-corrected chi connectivity index (χ3v) is 1.71. The highest BCUT2D eigenvalue weighted by molar-refractivity contribution is 5.88. The number of carboxylic acids is 1. The minimum Gasteiger partial charge on any atom is -0.478 e. The number of H-pyrrole nitrogens is 1. The van der Waals surface area contributed by atoms with Crippen molar-refractivity contribution in [2.75, 3.05) is 0 Å². The molecule has 17 heavy (non-hydrogen) atoms. The molecule has 0 unspecified atom stereocenters. The Labute approximate surface area is 88.9 Å². The summed E-state index contributed by atoms with van der Waals surface area (Å²) >= 11 is 0. The molecule has 1 heterocycles. The van der Waals surface area contributed by atoms with Gasteiger partial charge in [0.2, 0.25) is 0 Å². The summed E-state index contributed by atoms with van der Waals surface area (Å²) in [4.78, 5) is 24.9. The van der Waals surface area contributed by atoms with Gasteiger partial charge in [-0.25, -0.2) is 14.6 Å². The number of aromatic carboxylic acids is 1. The standard InChI is InChI=1S/C7H3F5N2O3/c8-6(9,7(10,11)12)3-2(4(15)16)1-13-5(17)14-3/h1H,(H,15,16)(H,13,14,17). The van der Waals surface area contributed by atoms with Gasteiger partial charge in [-0.05, 0) is 0 Å². The molecule has 5 nitrogen and oxygen atoms in total. The van der Waals surface area contributed by atoms with Gasteiger partial charge < -0.3 is 10.1 Å². The third kappa shape index (κ3) is 2.24. The number of nitrogens with one attached hydrogen (secondary N) is 1. The van der Waals surface area contributed by atoms with Crippen LogP contribution in [-0.4, -0.2) is 27.2 Å². The lowest BCUT2D eigenvalue weighted by Gasteiger charge is -2.20. The van der Waals surface area contributed by atoms with E-state index >= 15 is 0 Å². The van der Waals surface area contributed by atoms with Crippen molar-refractivity contribution in [3.63, 3.8) is 0 Å². The molecule has 1 rings (SSSR count). The second-order valence-corrected chi connectivity index (χ2v) is 2.85. The lowest BCUT2D eigenvalue weighted by Crippen LogP contribution is -2.38. The molecule has 94 valence electrons. The van der Waals surface area contributed by atoms with Gasteiger partial charge in [0.15, 0.2) is 0 Å². The van der Waals surface area contributed by atoms with E-state index in [4.69, 9.17) is 5.11 Å². The van der Waals surface area contributed by atoms with E-state index in [0.717, 1.165) is 4.98 Å². The maximum atomic E-state index is 12.9. The first-order valence-corrected chi connectivity index (χ1v) is 3.85. The number of aromatic nitrogens is 2. The number of aromatic amines is 1. The van der Waals surface area contributed by atoms with Crippen LogP contribution in [0, 0.1) is 0 Å². The molecule has 0 aliphatic carbocycles. The Balaban J connectivity index is 3.54. The van der Waals surface area contributed by atoms with Crippen molar-refractivity contribution in [3.05, 3.63) is 27.9 Å². The van der Waals surface area contributed by atoms with Crippen molar-refractivity contribution in [3.8, 4) is 0 Å². The van der Waals surface area contributed by atoms with E-state index in [1.807, 2.05) is 0 Å². The molecule has 0 bridgehead atoms. The van der Waals surface area contributed by atoms with Gasteiger partial charge in [-0.15, -0.1) is 0 Å². The van der Waals surface area contributed by atoms with Gasteiger partial charge in [-0.2, -0.15) is 22.0 Å². The van der Waals surface area contributed by atoms with Crippen molar-refractivity contribution < 1.29 is 31.9 Å². The molecular formula is C7H3F5N2O3. The van der Waals surface area contributed by atoms with Crippen LogP contribution in [0.2, 0.25) is 0 Å². The zero-order valence-electron chi connectivity index (χ0n) is 7.68. The smallest absolute Gasteiger partial charge is 0.459 e. The zero-order chi connectivity index (χ0) is 13.4. The van der Waals surface area contributed by atoms with Crippen molar-refractivity contribution >= 4 is 5.97 Å². The Bertz CT molecular complexity index is 507. The Morgan fingerprint density at radius 3 is 2.24 bits per heavy atom. The van der Waals surface area contributed by atoms with Crippen LogP contribution in [0.5, 0.6) is 0 Å². The first-order valence-electron chi connectivity index (χ1n) is 3.85. The van der Waals surface area contributed by atoms with Crippen molar-refractivity contribution in [1.82, 2.24) is 9.97 Å². The largest absolute Gasteiger partial charge is 0.478 e. The molecule has 0 fully saturated rings. The van der Waals surface area contributed by atoms with Crippen molar-refractivity contribution in [1.29, 1.82) is 0 Å². The molecule has 0 saturated carbocycles. The Hall–Kier alpha value is -2.00. The SMILES string of the molecule is O=C(O)c1cnc(=O)[nH]c1C(F)(F)C(F)(F)F. The van der Waals surface area contributed by atoms with Gasteiger partial charge >= 0.3 is 23.8 Å². The second-order valence-electron chi connectivity index (χ2n) is 2.85. The molecule has 0 aromatic carbocycles.